The normalized spacial score (nSPS) is 12.2. The molecule has 3 aromatic rings. The smallest absolute Gasteiger partial charge is 0.326 e. The van der Waals surface area contributed by atoms with Gasteiger partial charge in [-0.1, -0.05) is 6.07 Å². The van der Waals surface area contributed by atoms with Gasteiger partial charge in [0.2, 0.25) is 5.91 Å². The number of benzene rings is 1. The molecule has 0 spiro atoms. The number of alkyl halides is 6. The summed E-state index contributed by atoms with van der Waals surface area (Å²) in [6, 6.07) is 8.39. The predicted octanol–water partition coefficient (Wildman–Crippen LogP) is 5.15. The molecule has 2 aromatic heterocycles. The highest BCUT2D eigenvalue weighted by molar-refractivity contribution is 7.10. The zero-order valence-electron chi connectivity index (χ0n) is 13.8. The van der Waals surface area contributed by atoms with E-state index in [1.807, 2.05) is 5.38 Å². The van der Waals surface area contributed by atoms with Crippen LogP contribution in [0.2, 0.25) is 0 Å². The first-order valence-corrected chi connectivity index (χ1v) is 8.59. The third-order valence-corrected chi connectivity index (χ3v) is 4.48. The van der Waals surface area contributed by atoms with Gasteiger partial charge in [0.1, 0.15) is 5.69 Å². The molecule has 2 heterocycles. The fourth-order valence-electron chi connectivity index (χ4n) is 2.38. The molecule has 1 aromatic carbocycles. The van der Waals surface area contributed by atoms with Crippen molar-refractivity contribution >= 4 is 22.9 Å². The Labute approximate surface area is 158 Å². The summed E-state index contributed by atoms with van der Waals surface area (Å²) in [6.07, 6.45) is -9.91. The van der Waals surface area contributed by atoms with E-state index >= 15 is 0 Å². The van der Waals surface area contributed by atoms with E-state index in [4.69, 9.17) is 0 Å². The number of rotatable bonds is 4. The van der Waals surface area contributed by atoms with Crippen molar-refractivity contribution < 1.29 is 31.1 Å². The minimum atomic E-state index is -5.02. The Kier molecular flexibility index (Phi) is 5.20. The van der Waals surface area contributed by atoms with Crippen molar-refractivity contribution in [1.29, 1.82) is 0 Å². The lowest BCUT2D eigenvalue weighted by Crippen LogP contribution is -2.15. The molecule has 0 atom stereocenters. The summed E-state index contributed by atoms with van der Waals surface area (Å²) in [5.41, 5.74) is -3.12. The van der Waals surface area contributed by atoms with Crippen LogP contribution < -0.4 is 5.32 Å². The Hall–Kier alpha value is -2.82. The van der Waals surface area contributed by atoms with Crippen LogP contribution in [0.4, 0.5) is 32.0 Å². The first-order chi connectivity index (χ1) is 13.0. The van der Waals surface area contributed by atoms with Gasteiger partial charge in [-0.15, -0.1) is 11.3 Å². The maximum absolute atomic E-state index is 13.1. The number of hydrogen-bond donors (Lipinski definition) is 1. The first-order valence-electron chi connectivity index (χ1n) is 7.71. The molecule has 0 bridgehead atoms. The number of nitrogens with zero attached hydrogens (tertiary/aromatic N) is 2. The predicted molar refractivity (Wildman–Crippen MR) is 90.2 cm³/mol. The molecule has 1 amide bonds. The number of carbonyl (C=O) groups excluding carboxylic acids is 1. The van der Waals surface area contributed by atoms with Crippen LogP contribution in [0, 0.1) is 0 Å². The third kappa shape index (κ3) is 4.53. The quantitative estimate of drug-likeness (QED) is 0.595. The van der Waals surface area contributed by atoms with Crippen molar-refractivity contribution in [2.45, 2.75) is 18.8 Å². The van der Waals surface area contributed by atoms with E-state index in [0.29, 0.717) is 5.69 Å². The minimum Gasteiger partial charge on any atom is -0.326 e. The second kappa shape index (κ2) is 7.30. The van der Waals surface area contributed by atoms with E-state index < -0.39 is 23.7 Å². The molecule has 0 aliphatic rings. The molecular weight excluding hydrogens is 408 g/mol. The molecule has 11 heteroatoms. The number of thiophene rings is 1. The Bertz CT molecular complexity index is 958. The molecule has 0 unspecified atom stereocenters. The van der Waals surface area contributed by atoms with Gasteiger partial charge in [-0.25, -0.2) is 4.68 Å². The van der Waals surface area contributed by atoms with Crippen LogP contribution in [0.15, 0.2) is 47.8 Å². The fraction of sp³-hybridized carbons (Fsp3) is 0.176. The lowest BCUT2D eigenvalue weighted by molar-refractivity contribution is -0.143. The van der Waals surface area contributed by atoms with Gasteiger partial charge in [0.05, 0.1) is 12.1 Å². The monoisotopic (exact) mass is 419 g/mol. The second-order valence-corrected chi connectivity index (χ2v) is 6.71. The van der Waals surface area contributed by atoms with Crippen molar-refractivity contribution in [3.8, 4) is 5.69 Å². The standard InChI is InChI=1S/C17H11F6N3OS/c18-16(19,20)13-9-14(17(21,22)23)26(25-13)11-5-3-10(4-6-11)24-15(27)8-12-2-1-7-28-12/h1-7,9H,8H2,(H,24,27). The summed E-state index contributed by atoms with van der Waals surface area (Å²) in [5.74, 6) is -0.329. The molecule has 3 rings (SSSR count). The molecule has 0 saturated carbocycles. The van der Waals surface area contributed by atoms with Gasteiger partial charge in [-0.05, 0) is 35.7 Å². The Morgan fingerprint density at radius 1 is 1.04 bits per heavy atom. The van der Waals surface area contributed by atoms with Gasteiger partial charge in [0, 0.05) is 16.6 Å². The van der Waals surface area contributed by atoms with E-state index in [0.717, 1.165) is 17.0 Å². The number of aromatic nitrogens is 2. The number of hydrogen-bond acceptors (Lipinski definition) is 3. The fourth-order valence-corrected chi connectivity index (χ4v) is 3.08. The third-order valence-electron chi connectivity index (χ3n) is 3.60. The van der Waals surface area contributed by atoms with E-state index in [1.165, 1.54) is 23.5 Å². The Morgan fingerprint density at radius 2 is 1.71 bits per heavy atom. The van der Waals surface area contributed by atoms with E-state index in [1.54, 1.807) is 12.1 Å². The van der Waals surface area contributed by atoms with E-state index in [9.17, 15) is 31.1 Å². The van der Waals surface area contributed by atoms with E-state index in [-0.39, 0.29) is 28.8 Å². The lowest BCUT2D eigenvalue weighted by atomic mass is 10.2. The molecule has 4 nitrogen and oxygen atoms in total. The molecule has 0 radical (unpaired) electrons. The Morgan fingerprint density at radius 3 is 2.25 bits per heavy atom. The number of anilines is 1. The van der Waals surface area contributed by atoms with Gasteiger partial charge in [0.25, 0.3) is 0 Å². The summed E-state index contributed by atoms with van der Waals surface area (Å²) in [5, 5.41) is 7.43. The molecule has 0 aliphatic carbocycles. The summed E-state index contributed by atoms with van der Waals surface area (Å²) < 4.78 is 77.7. The average molecular weight is 419 g/mol. The molecule has 0 fully saturated rings. The van der Waals surface area contributed by atoms with Crippen LogP contribution in [-0.4, -0.2) is 15.7 Å². The lowest BCUT2D eigenvalue weighted by Gasteiger charge is -2.11. The summed E-state index contributed by atoms with van der Waals surface area (Å²) in [4.78, 5) is 12.8. The molecule has 28 heavy (non-hydrogen) atoms. The summed E-state index contributed by atoms with van der Waals surface area (Å²) >= 11 is 1.40. The molecule has 1 N–H and O–H groups in total. The number of carbonyl (C=O) groups is 1. The maximum Gasteiger partial charge on any atom is 0.435 e. The first kappa shape index (κ1) is 19.9. The zero-order chi connectivity index (χ0) is 20.5. The van der Waals surface area contributed by atoms with Gasteiger partial charge >= 0.3 is 12.4 Å². The van der Waals surface area contributed by atoms with Crippen LogP contribution in [0.1, 0.15) is 16.3 Å². The molecular formula is C17H11F6N3OS. The molecule has 148 valence electrons. The van der Waals surface area contributed by atoms with Crippen LogP contribution in [-0.2, 0) is 23.6 Å². The number of amides is 1. The van der Waals surface area contributed by atoms with Crippen LogP contribution in [0.25, 0.3) is 5.69 Å². The minimum absolute atomic E-state index is 0.0449. The topological polar surface area (TPSA) is 46.9 Å². The largest absolute Gasteiger partial charge is 0.435 e. The van der Waals surface area contributed by atoms with Gasteiger partial charge in [-0.3, -0.25) is 4.79 Å². The number of nitrogens with one attached hydrogen (secondary N) is 1. The van der Waals surface area contributed by atoms with Crippen molar-refractivity contribution in [2.75, 3.05) is 5.32 Å². The van der Waals surface area contributed by atoms with Crippen LogP contribution >= 0.6 is 11.3 Å². The SMILES string of the molecule is O=C(Cc1cccs1)Nc1ccc(-n2nc(C(F)(F)F)cc2C(F)(F)F)cc1. The maximum atomic E-state index is 13.1. The van der Waals surface area contributed by atoms with E-state index in [2.05, 4.69) is 10.4 Å². The van der Waals surface area contributed by atoms with Crippen LogP contribution in [0.3, 0.4) is 0 Å². The van der Waals surface area contributed by atoms with Crippen molar-refractivity contribution in [1.82, 2.24) is 9.78 Å². The molecule has 0 saturated heterocycles. The van der Waals surface area contributed by atoms with Crippen molar-refractivity contribution in [3.63, 3.8) is 0 Å². The summed E-state index contributed by atoms with van der Waals surface area (Å²) in [6.45, 7) is 0. The van der Waals surface area contributed by atoms with Crippen LogP contribution in [0.5, 0.6) is 0 Å². The van der Waals surface area contributed by atoms with Gasteiger partial charge < -0.3 is 5.32 Å². The zero-order valence-corrected chi connectivity index (χ0v) is 14.6. The van der Waals surface area contributed by atoms with Gasteiger partial charge in [0.15, 0.2) is 5.69 Å². The number of halogens is 6. The average Bonchev–Trinajstić information content (AvgIpc) is 3.23. The Balaban J connectivity index is 1.83. The molecule has 0 aliphatic heterocycles. The van der Waals surface area contributed by atoms with Gasteiger partial charge in [-0.2, -0.15) is 31.4 Å². The highest BCUT2D eigenvalue weighted by Crippen LogP contribution is 2.36. The highest BCUT2D eigenvalue weighted by atomic mass is 32.1. The second-order valence-electron chi connectivity index (χ2n) is 5.67. The van der Waals surface area contributed by atoms with Crippen molar-refractivity contribution in [3.05, 3.63) is 64.1 Å². The highest BCUT2D eigenvalue weighted by Gasteiger charge is 2.42. The summed E-state index contributed by atoms with van der Waals surface area (Å²) in [7, 11) is 0. The van der Waals surface area contributed by atoms with Crippen molar-refractivity contribution in [2.24, 2.45) is 0 Å².